The number of nitrogens with zero attached hydrogens (tertiary/aromatic N) is 2. The van der Waals surface area contributed by atoms with Crippen molar-refractivity contribution in [3.05, 3.63) is 39.5 Å². The van der Waals surface area contributed by atoms with Crippen LogP contribution in [0.3, 0.4) is 0 Å². The molecule has 2 aromatic rings. The van der Waals surface area contributed by atoms with E-state index in [2.05, 4.69) is 0 Å². The zero-order valence-corrected chi connectivity index (χ0v) is 20.2. The molecule has 2 heterocycles. The van der Waals surface area contributed by atoms with Crippen LogP contribution < -0.4 is 9.47 Å². The van der Waals surface area contributed by atoms with Crippen LogP contribution in [0.2, 0.25) is 4.34 Å². The first-order valence-corrected chi connectivity index (χ1v) is 12.7. The summed E-state index contributed by atoms with van der Waals surface area (Å²) in [5.41, 5.74) is 0. The molecule has 31 heavy (non-hydrogen) atoms. The Labute approximate surface area is 192 Å². The van der Waals surface area contributed by atoms with E-state index in [9.17, 15) is 13.2 Å². The Hall–Kier alpha value is -1.81. The van der Waals surface area contributed by atoms with E-state index in [1.165, 1.54) is 42.0 Å². The SMILES string of the molecule is CCN(Cc1ccc(Cl)s1)C(=O)C1CCN(S(=O)(=O)c2ccc(OC)c(OC)c2)CC1. The highest BCUT2D eigenvalue weighted by Gasteiger charge is 2.34. The molecule has 1 aromatic heterocycles. The van der Waals surface area contributed by atoms with Crippen LogP contribution in [0.15, 0.2) is 35.2 Å². The smallest absolute Gasteiger partial charge is 0.243 e. The first-order chi connectivity index (χ1) is 14.8. The van der Waals surface area contributed by atoms with Gasteiger partial charge in [0.25, 0.3) is 0 Å². The number of carbonyl (C=O) groups is 1. The number of hydrogen-bond acceptors (Lipinski definition) is 6. The van der Waals surface area contributed by atoms with E-state index in [4.69, 9.17) is 21.1 Å². The molecule has 0 aliphatic carbocycles. The summed E-state index contributed by atoms with van der Waals surface area (Å²) in [4.78, 5) is 16.0. The Morgan fingerprint density at radius 2 is 1.84 bits per heavy atom. The van der Waals surface area contributed by atoms with Crippen LogP contribution in [0.25, 0.3) is 0 Å². The molecule has 170 valence electrons. The van der Waals surface area contributed by atoms with Gasteiger partial charge in [-0.1, -0.05) is 11.6 Å². The topological polar surface area (TPSA) is 76.2 Å². The molecular weight excluding hydrogens is 460 g/mol. The van der Waals surface area contributed by atoms with Crippen molar-refractivity contribution in [2.75, 3.05) is 33.9 Å². The molecule has 1 fully saturated rings. The molecule has 1 amide bonds. The van der Waals surface area contributed by atoms with E-state index >= 15 is 0 Å². The maximum absolute atomic E-state index is 13.1. The van der Waals surface area contributed by atoms with Crippen LogP contribution in [-0.2, 0) is 21.4 Å². The molecule has 0 spiro atoms. The average Bonchev–Trinajstić information content (AvgIpc) is 3.21. The van der Waals surface area contributed by atoms with Gasteiger partial charge in [-0.05, 0) is 44.0 Å². The molecule has 0 saturated carbocycles. The summed E-state index contributed by atoms with van der Waals surface area (Å²) in [6.45, 7) is 3.67. The highest BCUT2D eigenvalue weighted by Crippen LogP contribution is 2.32. The zero-order valence-electron chi connectivity index (χ0n) is 17.8. The first kappa shape index (κ1) is 23.8. The predicted octanol–water partition coefficient (Wildman–Crippen LogP) is 3.87. The standard InChI is InChI=1S/C21H27ClN2O5S2/c1-4-23(14-16-5-8-20(22)30-16)21(25)15-9-11-24(12-10-15)31(26,27)17-6-7-18(28-2)19(13-17)29-3/h5-8,13,15H,4,9-12,14H2,1-3H3. The van der Waals surface area contributed by atoms with Gasteiger partial charge in [-0.3, -0.25) is 4.79 Å². The predicted molar refractivity (Wildman–Crippen MR) is 121 cm³/mol. The van der Waals surface area contributed by atoms with Gasteiger partial charge in [0.1, 0.15) is 0 Å². The maximum Gasteiger partial charge on any atom is 0.243 e. The van der Waals surface area contributed by atoms with E-state index < -0.39 is 10.0 Å². The van der Waals surface area contributed by atoms with E-state index in [0.717, 1.165) is 4.88 Å². The van der Waals surface area contributed by atoms with Crippen molar-refractivity contribution in [3.8, 4) is 11.5 Å². The Balaban J connectivity index is 1.65. The van der Waals surface area contributed by atoms with Gasteiger partial charge < -0.3 is 14.4 Å². The zero-order chi connectivity index (χ0) is 22.6. The molecule has 1 aliphatic rings. The molecule has 0 atom stereocenters. The van der Waals surface area contributed by atoms with Gasteiger partial charge in [-0.2, -0.15) is 4.31 Å². The number of amides is 1. The summed E-state index contributed by atoms with van der Waals surface area (Å²) in [5.74, 6) is 0.709. The summed E-state index contributed by atoms with van der Waals surface area (Å²) in [7, 11) is -0.713. The van der Waals surface area contributed by atoms with Gasteiger partial charge in [0.2, 0.25) is 15.9 Å². The number of methoxy groups -OCH3 is 2. The minimum absolute atomic E-state index is 0.0650. The van der Waals surface area contributed by atoms with E-state index in [1.54, 1.807) is 6.07 Å². The van der Waals surface area contributed by atoms with Crippen molar-refractivity contribution in [2.45, 2.75) is 31.2 Å². The van der Waals surface area contributed by atoms with Gasteiger partial charge in [0.05, 0.1) is 30.0 Å². The first-order valence-electron chi connectivity index (χ1n) is 10.0. The molecule has 7 nitrogen and oxygen atoms in total. The van der Waals surface area contributed by atoms with Gasteiger partial charge >= 0.3 is 0 Å². The van der Waals surface area contributed by atoms with Crippen LogP contribution in [0.1, 0.15) is 24.6 Å². The van der Waals surface area contributed by atoms with Crippen molar-refractivity contribution in [1.29, 1.82) is 0 Å². The summed E-state index contributed by atoms with van der Waals surface area (Å²) in [5, 5.41) is 0. The number of thiophene rings is 1. The lowest BCUT2D eigenvalue weighted by Gasteiger charge is -2.33. The fourth-order valence-electron chi connectivity index (χ4n) is 3.70. The molecule has 0 N–H and O–H groups in total. The van der Waals surface area contributed by atoms with Gasteiger partial charge in [0, 0.05) is 36.5 Å². The lowest BCUT2D eigenvalue weighted by atomic mass is 9.96. The minimum atomic E-state index is -3.68. The van der Waals surface area contributed by atoms with Crippen molar-refractivity contribution >= 4 is 38.9 Å². The lowest BCUT2D eigenvalue weighted by Crippen LogP contribution is -2.44. The van der Waals surface area contributed by atoms with Gasteiger partial charge in [0.15, 0.2) is 11.5 Å². The molecule has 10 heteroatoms. The van der Waals surface area contributed by atoms with Crippen LogP contribution in [0, 0.1) is 5.92 Å². The molecule has 0 bridgehead atoms. The molecular formula is C21H27ClN2O5S2. The third-order valence-electron chi connectivity index (χ3n) is 5.46. The van der Waals surface area contributed by atoms with Crippen molar-refractivity contribution in [1.82, 2.24) is 9.21 Å². The highest BCUT2D eigenvalue weighted by molar-refractivity contribution is 7.89. The number of rotatable bonds is 8. The molecule has 0 radical (unpaired) electrons. The van der Waals surface area contributed by atoms with Crippen LogP contribution in [0.5, 0.6) is 11.5 Å². The Kier molecular flexibility index (Phi) is 7.85. The second-order valence-corrected chi connectivity index (χ2v) is 11.0. The van der Waals surface area contributed by atoms with Gasteiger partial charge in [-0.15, -0.1) is 11.3 Å². The van der Waals surface area contributed by atoms with Crippen molar-refractivity contribution in [3.63, 3.8) is 0 Å². The van der Waals surface area contributed by atoms with E-state index in [1.807, 2.05) is 24.0 Å². The number of piperidine rings is 1. The highest BCUT2D eigenvalue weighted by atomic mass is 35.5. The Morgan fingerprint density at radius 3 is 2.39 bits per heavy atom. The second-order valence-electron chi connectivity index (χ2n) is 7.25. The summed E-state index contributed by atoms with van der Waals surface area (Å²) >= 11 is 7.47. The Bertz CT molecular complexity index is 1020. The molecule has 0 unspecified atom stereocenters. The number of carbonyl (C=O) groups excluding carboxylic acids is 1. The lowest BCUT2D eigenvalue weighted by molar-refractivity contribution is -0.137. The van der Waals surface area contributed by atoms with E-state index in [-0.39, 0.29) is 16.7 Å². The molecule has 1 aliphatic heterocycles. The molecule has 3 rings (SSSR count). The second kappa shape index (κ2) is 10.2. The molecule has 1 aromatic carbocycles. The number of halogens is 1. The maximum atomic E-state index is 13.1. The molecule has 1 saturated heterocycles. The normalized spacial score (nSPS) is 15.6. The summed E-state index contributed by atoms with van der Waals surface area (Å²) in [6.07, 6.45) is 0.986. The third-order valence-corrected chi connectivity index (χ3v) is 8.58. The monoisotopic (exact) mass is 486 g/mol. The van der Waals surface area contributed by atoms with E-state index in [0.29, 0.717) is 54.9 Å². The van der Waals surface area contributed by atoms with Gasteiger partial charge in [-0.25, -0.2) is 8.42 Å². The average molecular weight is 487 g/mol. The Morgan fingerprint density at radius 1 is 1.16 bits per heavy atom. The fraction of sp³-hybridized carbons (Fsp3) is 0.476. The largest absolute Gasteiger partial charge is 0.493 e. The minimum Gasteiger partial charge on any atom is -0.493 e. The number of benzene rings is 1. The number of sulfonamides is 1. The summed E-state index contributed by atoms with van der Waals surface area (Å²) in [6, 6.07) is 8.33. The van der Waals surface area contributed by atoms with Crippen molar-refractivity contribution < 1.29 is 22.7 Å². The fourth-order valence-corrected chi connectivity index (χ4v) is 6.29. The third kappa shape index (κ3) is 5.34. The summed E-state index contributed by atoms with van der Waals surface area (Å²) < 4.78 is 38.7. The number of hydrogen-bond donors (Lipinski definition) is 0. The van der Waals surface area contributed by atoms with Crippen LogP contribution in [0.4, 0.5) is 0 Å². The van der Waals surface area contributed by atoms with Crippen LogP contribution in [-0.4, -0.2) is 57.4 Å². The number of ether oxygens (including phenoxy) is 2. The van der Waals surface area contributed by atoms with Crippen molar-refractivity contribution in [2.24, 2.45) is 5.92 Å². The van der Waals surface area contributed by atoms with Crippen LogP contribution >= 0.6 is 22.9 Å². The quantitative estimate of drug-likeness (QED) is 0.566.